The third kappa shape index (κ3) is 4.51. The number of urea groups is 1. The average Bonchev–Trinajstić information content (AvgIpc) is 2.91. The van der Waals surface area contributed by atoms with Crippen molar-refractivity contribution in [1.82, 2.24) is 10.2 Å². The standard InChI is InChI=1S/C21H22F2N2O5/c1-13-5-3-4-6-17(13)29-12-15(26)11-25-18(27)21(2,24-20(25)28)14-7-9-16(10-8-14)30-19(22)23/h3-10,15,19,26H,11-12H2,1-2H3,(H,24,28)/t15-,21-/m0/s1. The maximum absolute atomic E-state index is 12.9. The zero-order valence-corrected chi connectivity index (χ0v) is 16.5. The number of ether oxygens (including phenoxy) is 2. The second-order valence-electron chi connectivity index (χ2n) is 7.10. The first-order chi connectivity index (χ1) is 14.2. The summed E-state index contributed by atoms with van der Waals surface area (Å²) in [5, 5.41) is 12.9. The van der Waals surface area contributed by atoms with Gasteiger partial charge >= 0.3 is 12.6 Å². The lowest BCUT2D eigenvalue weighted by Gasteiger charge is -2.23. The SMILES string of the molecule is Cc1ccccc1OC[C@@H](O)CN1C(=O)N[C@@](C)(c2ccc(OC(F)F)cc2)C1=O. The first-order valence-electron chi connectivity index (χ1n) is 9.26. The van der Waals surface area contributed by atoms with E-state index in [0.717, 1.165) is 10.5 Å². The summed E-state index contributed by atoms with van der Waals surface area (Å²) in [6.45, 7) is 0.0594. The number of carbonyl (C=O) groups excluding carboxylic acids is 2. The monoisotopic (exact) mass is 420 g/mol. The van der Waals surface area contributed by atoms with Gasteiger partial charge in [-0.3, -0.25) is 9.69 Å². The molecule has 2 N–H and O–H groups in total. The van der Waals surface area contributed by atoms with E-state index in [1.807, 2.05) is 19.1 Å². The highest BCUT2D eigenvalue weighted by molar-refractivity contribution is 6.07. The van der Waals surface area contributed by atoms with Crippen LogP contribution in [0.1, 0.15) is 18.1 Å². The van der Waals surface area contributed by atoms with Crippen LogP contribution >= 0.6 is 0 Å². The van der Waals surface area contributed by atoms with Gasteiger partial charge in [-0.15, -0.1) is 0 Å². The van der Waals surface area contributed by atoms with Gasteiger partial charge in [0.1, 0.15) is 29.7 Å². The third-order valence-corrected chi connectivity index (χ3v) is 4.85. The number of para-hydroxylation sites is 1. The predicted octanol–water partition coefficient (Wildman–Crippen LogP) is 2.80. The predicted molar refractivity (Wildman–Crippen MR) is 103 cm³/mol. The second kappa shape index (κ2) is 8.66. The van der Waals surface area contributed by atoms with Gasteiger partial charge in [0.2, 0.25) is 0 Å². The maximum Gasteiger partial charge on any atom is 0.387 e. The van der Waals surface area contributed by atoms with Crippen molar-refractivity contribution in [3.8, 4) is 11.5 Å². The molecule has 2 aromatic rings. The molecule has 0 radical (unpaired) electrons. The van der Waals surface area contributed by atoms with Gasteiger partial charge in [0.25, 0.3) is 5.91 Å². The number of nitrogens with one attached hydrogen (secondary N) is 1. The summed E-state index contributed by atoms with van der Waals surface area (Å²) in [4.78, 5) is 26.2. The van der Waals surface area contributed by atoms with Crippen molar-refractivity contribution in [2.45, 2.75) is 32.1 Å². The maximum atomic E-state index is 12.9. The van der Waals surface area contributed by atoms with Gasteiger partial charge in [0.05, 0.1) is 6.54 Å². The highest BCUT2D eigenvalue weighted by atomic mass is 19.3. The molecule has 0 unspecified atom stereocenters. The Morgan fingerprint density at radius 1 is 1.13 bits per heavy atom. The second-order valence-corrected chi connectivity index (χ2v) is 7.10. The molecule has 0 saturated carbocycles. The molecule has 0 spiro atoms. The van der Waals surface area contributed by atoms with Gasteiger partial charge in [-0.05, 0) is 43.2 Å². The number of aliphatic hydroxyl groups excluding tert-OH is 1. The molecule has 30 heavy (non-hydrogen) atoms. The largest absolute Gasteiger partial charge is 0.491 e. The highest BCUT2D eigenvalue weighted by Crippen LogP contribution is 2.30. The van der Waals surface area contributed by atoms with Crippen LogP contribution in [0.2, 0.25) is 0 Å². The average molecular weight is 420 g/mol. The van der Waals surface area contributed by atoms with E-state index in [0.29, 0.717) is 11.3 Å². The van der Waals surface area contributed by atoms with Gasteiger partial charge in [-0.25, -0.2) is 4.79 Å². The van der Waals surface area contributed by atoms with Crippen LogP contribution in [0, 0.1) is 6.92 Å². The number of carbonyl (C=O) groups is 2. The van der Waals surface area contributed by atoms with Crippen LogP contribution in [0.15, 0.2) is 48.5 Å². The summed E-state index contributed by atoms with van der Waals surface area (Å²) < 4.78 is 34.5. The molecule has 1 aliphatic heterocycles. The lowest BCUT2D eigenvalue weighted by Crippen LogP contribution is -2.42. The summed E-state index contributed by atoms with van der Waals surface area (Å²) in [6, 6.07) is 12.1. The summed E-state index contributed by atoms with van der Waals surface area (Å²) in [6.07, 6.45) is -1.09. The highest BCUT2D eigenvalue weighted by Gasteiger charge is 2.49. The van der Waals surface area contributed by atoms with Crippen LogP contribution in [-0.4, -0.2) is 47.8 Å². The lowest BCUT2D eigenvalue weighted by atomic mass is 9.92. The minimum absolute atomic E-state index is 0.0604. The van der Waals surface area contributed by atoms with Crippen LogP contribution in [-0.2, 0) is 10.3 Å². The van der Waals surface area contributed by atoms with E-state index in [2.05, 4.69) is 10.1 Å². The first-order valence-corrected chi connectivity index (χ1v) is 9.26. The minimum atomic E-state index is -2.96. The van der Waals surface area contributed by atoms with Crippen molar-refractivity contribution in [3.63, 3.8) is 0 Å². The molecule has 1 heterocycles. The number of aliphatic hydroxyl groups is 1. The van der Waals surface area contributed by atoms with E-state index in [1.54, 1.807) is 12.1 Å². The Bertz CT molecular complexity index is 922. The summed E-state index contributed by atoms with van der Waals surface area (Å²) in [7, 11) is 0. The molecule has 0 bridgehead atoms. The number of alkyl halides is 2. The molecule has 0 aromatic heterocycles. The van der Waals surface area contributed by atoms with Crippen molar-refractivity contribution < 1.29 is 33.0 Å². The minimum Gasteiger partial charge on any atom is -0.491 e. The van der Waals surface area contributed by atoms with E-state index in [1.165, 1.54) is 31.2 Å². The summed E-state index contributed by atoms with van der Waals surface area (Å²) in [5.74, 6) is -0.0237. The van der Waals surface area contributed by atoms with Crippen LogP contribution in [0.4, 0.5) is 13.6 Å². The normalized spacial score (nSPS) is 19.7. The van der Waals surface area contributed by atoms with Gasteiger partial charge in [0, 0.05) is 0 Å². The third-order valence-electron chi connectivity index (χ3n) is 4.85. The van der Waals surface area contributed by atoms with Crippen LogP contribution < -0.4 is 14.8 Å². The Labute approximate surface area is 172 Å². The van der Waals surface area contributed by atoms with Crippen LogP contribution in [0.5, 0.6) is 11.5 Å². The Hall–Kier alpha value is -3.20. The van der Waals surface area contributed by atoms with Crippen LogP contribution in [0.3, 0.4) is 0 Å². The van der Waals surface area contributed by atoms with E-state index >= 15 is 0 Å². The molecule has 1 fully saturated rings. The quantitative estimate of drug-likeness (QED) is 0.642. The zero-order valence-electron chi connectivity index (χ0n) is 16.5. The molecule has 9 heteroatoms. The molecule has 3 rings (SSSR count). The van der Waals surface area contributed by atoms with Gasteiger partial charge in [-0.1, -0.05) is 30.3 Å². The Morgan fingerprint density at radius 3 is 2.43 bits per heavy atom. The Kier molecular flexibility index (Phi) is 6.21. The number of imide groups is 1. The number of rotatable bonds is 8. The Morgan fingerprint density at radius 2 is 1.80 bits per heavy atom. The van der Waals surface area contributed by atoms with Crippen molar-refractivity contribution in [1.29, 1.82) is 0 Å². The molecule has 2 atom stereocenters. The van der Waals surface area contributed by atoms with E-state index in [4.69, 9.17) is 4.74 Å². The number of amides is 3. The molecule has 2 aromatic carbocycles. The molecular weight excluding hydrogens is 398 g/mol. The molecule has 160 valence electrons. The fourth-order valence-electron chi connectivity index (χ4n) is 3.20. The van der Waals surface area contributed by atoms with E-state index < -0.39 is 30.2 Å². The van der Waals surface area contributed by atoms with Crippen molar-refractivity contribution in [2.75, 3.05) is 13.2 Å². The van der Waals surface area contributed by atoms with Crippen LogP contribution in [0.25, 0.3) is 0 Å². The number of aryl methyl sites for hydroxylation is 1. The van der Waals surface area contributed by atoms with Crippen molar-refractivity contribution in [2.24, 2.45) is 0 Å². The van der Waals surface area contributed by atoms with Gasteiger partial charge in [0.15, 0.2) is 0 Å². The van der Waals surface area contributed by atoms with E-state index in [9.17, 15) is 23.5 Å². The molecule has 1 aliphatic rings. The summed E-state index contributed by atoms with van der Waals surface area (Å²) in [5.41, 5.74) is -0.0982. The van der Waals surface area contributed by atoms with Crippen molar-refractivity contribution >= 4 is 11.9 Å². The number of benzene rings is 2. The molecule has 3 amide bonds. The molecule has 0 aliphatic carbocycles. The van der Waals surface area contributed by atoms with Crippen molar-refractivity contribution in [3.05, 3.63) is 59.7 Å². The number of β-amino-alcohol motifs (C(OH)–C–C–N with tert-alkyl or cyclic N) is 1. The number of hydrogen-bond acceptors (Lipinski definition) is 5. The number of halogens is 2. The smallest absolute Gasteiger partial charge is 0.387 e. The lowest BCUT2D eigenvalue weighted by molar-refractivity contribution is -0.132. The molecule has 7 nitrogen and oxygen atoms in total. The Balaban J connectivity index is 1.65. The fourth-order valence-corrected chi connectivity index (χ4v) is 3.20. The summed E-state index contributed by atoms with van der Waals surface area (Å²) >= 11 is 0. The number of hydrogen-bond donors (Lipinski definition) is 2. The molecule has 1 saturated heterocycles. The first kappa shape index (κ1) is 21.5. The fraction of sp³-hybridized carbons (Fsp3) is 0.333. The van der Waals surface area contributed by atoms with Gasteiger partial charge in [-0.2, -0.15) is 8.78 Å². The van der Waals surface area contributed by atoms with Gasteiger partial charge < -0.3 is 19.9 Å². The number of nitrogens with zero attached hydrogens (tertiary/aromatic N) is 1. The molecular formula is C21H22F2N2O5. The zero-order chi connectivity index (χ0) is 21.9. The topological polar surface area (TPSA) is 88.1 Å². The van der Waals surface area contributed by atoms with E-state index in [-0.39, 0.29) is 18.9 Å².